The number of nitrogens with one attached hydrogen (secondary N) is 1. The van der Waals surface area contributed by atoms with Gasteiger partial charge in [0.15, 0.2) is 0 Å². The van der Waals surface area contributed by atoms with Crippen LogP contribution in [0.25, 0.3) is 0 Å². The first-order chi connectivity index (χ1) is 15.8. The molecule has 0 spiro atoms. The van der Waals surface area contributed by atoms with Gasteiger partial charge >= 0.3 is 0 Å². The maximum atomic E-state index is 14.4. The molecule has 2 amide bonds. The van der Waals surface area contributed by atoms with Crippen LogP contribution in [-0.2, 0) is 11.3 Å². The van der Waals surface area contributed by atoms with Gasteiger partial charge in [-0.05, 0) is 69.0 Å². The lowest BCUT2D eigenvalue weighted by Crippen LogP contribution is -2.53. The van der Waals surface area contributed by atoms with E-state index in [9.17, 15) is 14.0 Å². The SMILES string of the molecule is Cc1ccc(C(=O)Nc2cc(F)cc(CN3CCN(C(=O)CCC4=CC4)[C@@H](C)C3)c2C)cn1. The highest BCUT2D eigenvalue weighted by atomic mass is 19.1. The van der Waals surface area contributed by atoms with Gasteiger partial charge in [0.05, 0.1) is 5.56 Å². The van der Waals surface area contributed by atoms with E-state index in [1.165, 1.54) is 23.9 Å². The van der Waals surface area contributed by atoms with E-state index in [1.807, 2.05) is 18.7 Å². The molecule has 1 aliphatic carbocycles. The molecule has 33 heavy (non-hydrogen) atoms. The van der Waals surface area contributed by atoms with Gasteiger partial charge in [-0.15, -0.1) is 0 Å². The molecule has 0 bridgehead atoms. The molecule has 7 heteroatoms. The highest BCUT2D eigenvalue weighted by molar-refractivity contribution is 6.04. The lowest BCUT2D eigenvalue weighted by molar-refractivity contribution is -0.135. The fraction of sp³-hybridized carbons (Fsp3) is 0.423. The summed E-state index contributed by atoms with van der Waals surface area (Å²) in [6.07, 6.45) is 6.21. The van der Waals surface area contributed by atoms with E-state index in [-0.39, 0.29) is 23.7 Å². The molecule has 1 saturated heterocycles. The van der Waals surface area contributed by atoms with Gasteiger partial charge in [0.2, 0.25) is 5.91 Å². The van der Waals surface area contributed by atoms with Crippen molar-refractivity contribution in [1.29, 1.82) is 0 Å². The maximum absolute atomic E-state index is 14.4. The summed E-state index contributed by atoms with van der Waals surface area (Å²) in [6.45, 7) is 8.54. The third-order valence-electron chi connectivity index (χ3n) is 6.48. The zero-order valence-corrected chi connectivity index (χ0v) is 19.5. The number of allylic oxidation sites excluding steroid dienone is 2. The van der Waals surface area contributed by atoms with E-state index in [2.05, 4.69) is 28.2 Å². The summed E-state index contributed by atoms with van der Waals surface area (Å²) in [4.78, 5) is 33.6. The number of carbonyl (C=O) groups excluding carboxylic acids is 2. The molecule has 2 heterocycles. The molecule has 0 unspecified atom stereocenters. The number of benzene rings is 1. The van der Waals surface area contributed by atoms with Gasteiger partial charge in [-0.1, -0.05) is 11.6 Å². The van der Waals surface area contributed by atoms with Gasteiger partial charge in [0.1, 0.15) is 5.82 Å². The Morgan fingerprint density at radius 2 is 2.00 bits per heavy atom. The summed E-state index contributed by atoms with van der Waals surface area (Å²) in [5.74, 6) is -0.485. The number of hydrogen-bond donors (Lipinski definition) is 1. The van der Waals surface area contributed by atoms with Gasteiger partial charge in [0, 0.05) is 56.2 Å². The van der Waals surface area contributed by atoms with Crippen molar-refractivity contribution in [2.24, 2.45) is 0 Å². The molecule has 174 valence electrons. The lowest BCUT2D eigenvalue weighted by Gasteiger charge is -2.40. The molecule has 1 atom stereocenters. The zero-order chi connectivity index (χ0) is 23.5. The molecule has 2 aliphatic rings. The fourth-order valence-electron chi connectivity index (χ4n) is 4.30. The normalized spacial score (nSPS) is 18.1. The standard InChI is InChI=1S/C26H31FN4O2/c1-17-4-8-21(14-28-17)26(33)29-24-13-23(27)12-22(19(24)3)16-30-10-11-31(18(2)15-30)25(32)9-7-20-5-6-20/h4-5,8,12-14,18H,6-7,9-11,15-16H2,1-3H3,(H,29,33)/t18-/m0/s1. The molecule has 1 aliphatic heterocycles. The molecule has 1 aromatic carbocycles. The van der Waals surface area contributed by atoms with Gasteiger partial charge in [-0.2, -0.15) is 0 Å². The third kappa shape index (κ3) is 5.85. The van der Waals surface area contributed by atoms with Crippen molar-refractivity contribution < 1.29 is 14.0 Å². The topological polar surface area (TPSA) is 65.5 Å². The van der Waals surface area contributed by atoms with Crippen molar-refractivity contribution in [1.82, 2.24) is 14.8 Å². The summed E-state index contributed by atoms with van der Waals surface area (Å²) in [5, 5.41) is 2.83. The number of rotatable bonds is 7. The smallest absolute Gasteiger partial charge is 0.257 e. The van der Waals surface area contributed by atoms with Gasteiger partial charge in [-0.25, -0.2) is 4.39 Å². The van der Waals surface area contributed by atoms with Crippen molar-refractivity contribution >= 4 is 17.5 Å². The number of aryl methyl sites for hydroxylation is 1. The average molecular weight is 451 g/mol. The van der Waals surface area contributed by atoms with Crippen LogP contribution in [0.4, 0.5) is 10.1 Å². The van der Waals surface area contributed by atoms with E-state index in [4.69, 9.17) is 0 Å². The van der Waals surface area contributed by atoms with Crippen LogP contribution in [0, 0.1) is 19.7 Å². The maximum Gasteiger partial charge on any atom is 0.257 e. The number of pyridine rings is 1. The van der Waals surface area contributed by atoms with Crippen LogP contribution in [0.5, 0.6) is 0 Å². The largest absolute Gasteiger partial charge is 0.337 e. The number of halogens is 1. The van der Waals surface area contributed by atoms with Crippen LogP contribution >= 0.6 is 0 Å². The molecule has 0 radical (unpaired) electrons. The van der Waals surface area contributed by atoms with Crippen LogP contribution in [-0.4, -0.2) is 52.3 Å². The predicted molar refractivity (Wildman–Crippen MR) is 126 cm³/mol. The van der Waals surface area contributed by atoms with Crippen molar-refractivity contribution in [3.8, 4) is 0 Å². The predicted octanol–water partition coefficient (Wildman–Crippen LogP) is 4.23. The fourth-order valence-corrected chi connectivity index (χ4v) is 4.30. The van der Waals surface area contributed by atoms with E-state index >= 15 is 0 Å². The second-order valence-corrected chi connectivity index (χ2v) is 9.12. The molecular formula is C26H31FN4O2. The van der Waals surface area contributed by atoms with Crippen molar-refractivity contribution in [3.05, 3.63) is 70.3 Å². The van der Waals surface area contributed by atoms with Crippen LogP contribution in [0.1, 0.15) is 53.4 Å². The number of hydrogen-bond acceptors (Lipinski definition) is 4. The molecule has 1 fully saturated rings. The molecule has 0 saturated carbocycles. The van der Waals surface area contributed by atoms with Crippen LogP contribution in [0.2, 0.25) is 0 Å². The second kappa shape index (κ2) is 9.83. The Labute approximate surface area is 194 Å². The number of nitrogens with zero attached hydrogens (tertiary/aromatic N) is 3. The second-order valence-electron chi connectivity index (χ2n) is 9.12. The zero-order valence-electron chi connectivity index (χ0n) is 19.5. The first-order valence-electron chi connectivity index (χ1n) is 11.5. The molecule has 4 rings (SSSR count). The Morgan fingerprint density at radius 3 is 2.67 bits per heavy atom. The Kier molecular flexibility index (Phi) is 6.88. The highest BCUT2D eigenvalue weighted by Crippen LogP contribution is 2.26. The van der Waals surface area contributed by atoms with E-state index in [0.717, 1.165) is 42.8 Å². The number of aromatic nitrogens is 1. The minimum absolute atomic E-state index is 0.113. The highest BCUT2D eigenvalue weighted by Gasteiger charge is 2.28. The van der Waals surface area contributed by atoms with E-state index in [1.54, 1.807) is 12.1 Å². The Morgan fingerprint density at radius 1 is 1.21 bits per heavy atom. The average Bonchev–Trinajstić information content (AvgIpc) is 3.60. The van der Waals surface area contributed by atoms with Crippen molar-refractivity contribution in [3.63, 3.8) is 0 Å². The van der Waals surface area contributed by atoms with Crippen molar-refractivity contribution in [2.75, 3.05) is 25.0 Å². The van der Waals surface area contributed by atoms with Crippen LogP contribution in [0.3, 0.4) is 0 Å². The molecule has 6 nitrogen and oxygen atoms in total. The molecule has 1 N–H and O–H groups in total. The molecular weight excluding hydrogens is 419 g/mol. The van der Waals surface area contributed by atoms with Crippen LogP contribution in [0.15, 0.2) is 42.1 Å². The summed E-state index contributed by atoms with van der Waals surface area (Å²) in [6, 6.07) is 6.48. The number of carbonyl (C=O) groups is 2. The minimum atomic E-state index is -0.385. The summed E-state index contributed by atoms with van der Waals surface area (Å²) >= 11 is 0. The first-order valence-corrected chi connectivity index (χ1v) is 11.5. The summed E-state index contributed by atoms with van der Waals surface area (Å²) < 4.78 is 14.4. The minimum Gasteiger partial charge on any atom is -0.337 e. The molecule has 1 aromatic heterocycles. The van der Waals surface area contributed by atoms with E-state index < -0.39 is 0 Å². The van der Waals surface area contributed by atoms with E-state index in [0.29, 0.717) is 30.8 Å². The molecule has 2 aromatic rings. The van der Waals surface area contributed by atoms with Gasteiger partial charge in [0.25, 0.3) is 5.91 Å². The lowest BCUT2D eigenvalue weighted by atomic mass is 10.0. The Balaban J connectivity index is 1.39. The van der Waals surface area contributed by atoms with Gasteiger partial charge < -0.3 is 10.2 Å². The monoisotopic (exact) mass is 450 g/mol. The number of anilines is 1. The quantitative estimate of drug-likeness (QED) is 0.641. The summed E-state index contributed by atoms with van der Waals surface area (Å²) in [5.41, 5.74) is 4.78. The number of amides is 2. The first kappa shape index (κ1) is 23.1. The van der Waals surface area contributed by atoms with Crippen molar-refractivity contribution in [2.45, 2.75) is 52.6 Å². The Bertz CT molecular complexity index is 1080. The number of piperazine rings is 1. The summed E-state index contributed by atoms with van der Waals surface area (Å²) in [7, 11) is 0. The van der Waals surface area contributed by atoms with Gasteiger partial charge in [-0.3, -0.25) is 19.5 Å². The van der Waals surface area contributed by atoms with Crippen LogP contribution < -0.4 is 5.32 Å². The third-order valence-corrected chi connectivity index (χ3v) is 6.48. The Hall–Kier alpha value is -3.06.